The van der Waals surface area contributed by atoms with E-state index in [2.05, 4.69) is 0 Å². The number of aliphatic hydroxyl groups is 1. The number of cyclic esters (lactones) is 1. The zero-order valence-corrected chi connectivity index (χ0v) is 8.35. The second kappa shape index (κ2) is 4.31. The van der Waals surface area contributed by atoms with Crippen LogP contribution in [0.25, 0.3) is 0 Å². The van der Waals surface area contributed by atoms with Crippen LogP contribution >= 0.6 is 0 Å². The van der Waals surface area contributed by atoms with Gasteiger partial charge in [0.25, 0.3) is 0 Å². The highest BCUT2D eigenvalue weighted by Crippen LogP contribution is 2.19. The summed E-state index contributed by atoms with van der Waals surface area (Å²) in [5.41, 5.74) is 1.91. The normalized spacial score (nSPS) is 15.5. The van der Waals surface area contributed by atoms with Crippen LogP contribution in [-0.4, -0.2) is 31.0 Å². The van der Waals surface area contributed by atoms with Gasteiger partial charge in [-0.3, -0.25) is 4.90 Å². The highest BCUT2D eigenvalue weighted by atomic mass is 16.6. The Balaban J connectivity index is 2.12. The van der Waals surface area contributed by atoms with Gasteiger partial charge >= 0.3 is 6.09 Å². The fraction of sp³-hybridized carbons (Fsp3) is 0.364. The summed E-state index contributed by atoms with van der Waals surface area (Å²) in [4.78, 5) is 12.8. The molecular formula is C11H13NO3. The van der Waals surface area contributed by atoms with Crippen molar-refractivity contribution in [3.05, 3.63) is 29.8 Å². The summed E-state index contributed by atoms with van der Waals surface area (Å²) in [7, 11) is 0. The first kappa shape index (κ1) is 9.98. The Morgan fingerprint density at radius 1 is 1.33 bits per heavy atom. The molecule has 0 radical (unpaired) electrons. The lowest BCUT2D eigenvalue weighted by Gasteiger charge is -2.12. The molecule has 1 amide bonds. The minimum atomic E-state index is -0.287. The average Bonchev–Trinajstić information content (AvgIpc) is 2.66. The maximum absolute atomic E-state index is 11.2. The van der Waals surface area contributed by atoms with E-state index in [1.807, 2.05) is 24.3 Å². The van der Waals surface area contributed by atoms with Gasteiger partial charge in [0.15, 0.2) is 0 Å². The van der Waals surface area contributed by atoms with E-state index in [4.69, 9.17) is 9.84 Å². The smallest absolute Gasteiger partial charge is 0.414 e. The van der Waals surface area contributed by atoms with Gasteiger partial charge in [0, 0.05) is 12.3 Å². The fourth-order valence-electron chi connectivity index (χ4n) is 1.60. The summed E-state index contributed by atoms with van der Waals surface area (Å²) in [6, 6.07) is 7.57. The van der Waals surface area contributed by atoms with Crippen LogP contribution < -0.4 is 4.90 Å². The first-order valence-corrected chi connectivity index (χ1v) is 4.95. The first-order valence-electron chi connectivity index (χ1n) is 4.95. The summed E-state index contributed by atoms with van der Waals surface area (Å²) in [5, 5.41) is 8.76. The molecule has 4 nitrogen and oxygen atoms in total. The van der Waals surface area contributed by atoms with E-state index in [1.165, 1.54) is 0 Å². The standard InChI is InChI=1S/C11H13NO3/c13-7-5-9-1-3-10(4-2-9)12-6-8-15-11(12)14/h1-4,13H,5-8H2. The van der Waals surface area contributed by atoms with Crippen LogP contribution in [0.3, 0.4) is 0 Å². The molecule has 0 aliphatic carbocycles. The summed E-state index contributed by atoms with van der Waals surface area (Å²) >= 11 is 0. The highest BCUT2D eigenvalue weighted by Gasteiger charge is 2.22. The molecule has 0 bridgehead atoms. The maximum Gasteiger partial charge on any atom is 0.414 e. The molecule has 1 aliphatic heterocycles. The van der Waals surface area contributed by atoms with Gasteiger partial charge in [0.05, 0.1) is 6.54 Å². The molecule has 4 heteroatoms. The Labute approximate surface area is 88.1 Å². The molecule has 1 fully saturated rings. The lowest BCUT2D eigenvalue weighted by Crippen LogP contribution is -2.23. The van der Waals surface area contributed by atoms with E-state index in [0.717, 1.165) is 11.3 Å². The van der Waals surface area contributed by atoms with Crippen molar-refractivity contribution in [2.45, 2.75) is 6.42 Å². The lowest BCUT2D eigenvalue weighted by molar-refractivity contribution is 0.181. The van der Waals surface area contributed by atoms with Crippen LogP contribution in [-0.2, 0) is 11.2 Å². The molecule has 1 N–H and O–H groups in total. The topological polar surface area (TPSA) is 49.8 Å². The van der Waals surface area contributed by atoms with Crippen LogP contribution in [0.5, 0.6) is 0 Å². The van der Waals surface area contributed by atoms with E-state index >= 15 is 0 Å². The van der Waals surface area contributed by atoms with Crippen molar-refractivity contribution in [3.8, 4) is 0 Å². The Morgan fingerprint density at radius 3 is 2.60 bits per heavy atom. The van der Waals surface area contributed by atoms with Crippen molar-refractivity contribution in [2.24, 2.45) is 0 Å². The van der Waals surface area contributed by atoms with Crippen LogP contribution in [0.15, 0.2) is 24.3 Å². The third-order valence-corrected chi connectivity index (χ3v) is 2.41. The van der Waals surface area contributed by atoms with Crippen molar-refractivity contribution in [1.82, 2.24) is 0 Å². The van der Waals surface area contributed by atoms with Gasteiger partial charge in [-0.2, -0.15) is 0 Å². The summed E-state index contributed by atoms with van der Waals surface area (Å²) in [6.45, 7) is 1.21. The predicted octanol–water partition coefficient (Wildman–Crippen LogP) is 1.18. The molecule has 1 aliphatic rings. The number of rotatable bonds is 3. The number of carbonyl (C=O) groups is 1. The van der Waals surface area contributed by atoms with Gasteiger partial charge in [-0.25, -0.2) is 4.79 Å². The van der Waals surface area contributed by atoms with E-state index in [-0.39, 0.29) is 12.7 Å². The Hall–Kier alpha value is -1.55. The lowest BCUT2D eigenvalue weighted by atomic mass is 10.1. The van der Waals surface area contributed by atoms with Gasteiger partial charge in [-0.15, -0.1) is 0 Å². The Morgan fingerprint density at radius 2 is 2.07 bits per heavy atom. The molecule has 1 aromatic carbocycles. The van der Waals surface area contributed by atoms with Gasteiger partial charge in [0.1, 0.15) is 6.61 Å². The number of benzene rings is 1. The maximum atomic E-state index is 11.2. The Kier molecular flexibility index (Phi) is 2.87. The second-order valence-corrected chi connectivity index (χ2v) is 3.41. The molecule has 1 heterocycles. The van der Waals surface area contributed by atoms with Crippen molar-refractivity contribution in [1.29, 1.82) is 0 Å². The SMILES string of the molecule is O=C1OCCN1c1ccc(CCO)cc1. The molecule has 15 heavy (non-hydrogen) atoms. The van der Waals surface area contributed by atoms with E-state index < -0.39 is 0 Å². The number of hydrogen-bond acceptors (Lipinski definition) is 3. The van der Waals surface area contributed by atoms with Crippen LogP contribution in [0.2, 0.25) is 0 Å². The molecule has 0 spiro atoms. The molecular weight excluding hydrogens is 194 g/mol. The number of ether oxygens (including phenoxy) is 1. The van der Waals surface area contributed by atoms with E-state index in [0.29, 0.717) is 19.6 Å². The molecule has 0 saturated carbocycles. The zero-order valence-electron chi connectivity index (χ0n) is 8.35. The number of aliphatic hydroxyl groups excluding tert-OH is 1. The largest absolute Gasteiger partial charge is 0.447 e. The van der Waals surface area contributed by atoms with Gasteiger partial charge in [-0.1, -0.05) is 12.1 Å². The first-order chi connectivity index (χ1) is 7.31. The number of anilines is 1. The highest BCUT2D eigenvalue weighted by molar-refractivity contribution is 5.89. The molecule has 80 valence electrons. The predicted molar refractivity (Wildman–Crippen MR) is 55.9 cm³/mol. The molecule has 0 atom stereocenters. The molecule has 1 saturated heterocycles. The minimum Gasteiger partial charge on any atom is -0.447 e. The van der Waals surface area contributed by atoms with Gasteiger partial charge in [0.2, 0.25) is 0 Å². The van der Waals surface area contributed by atoms with Gasteiger partial charge in [-0.05, 0) is 24.1 Å². The number of amides is 1. The van der Waals surface area contributed by atoms with E-state index in [1.54, 1.807) is 4.90 Å². The van der Waals surface area contributed by atoms with E-state index in [9.17, 15) is 4.79 Å². The molecule has 0 aromatic heterocycles. The summed E-state index contributed by atoms with van der Waals surface area (Å²) in [6.07, 6.45) is 0.356. The Bertz CT molecular complexity index is 347. The monoisotopic (exact) mass is 207 g/mol. The number of carbonyl (C=O) groups excluding carboxylic acids is 1. The molecule has 0 unspecified atom stereocenters. The number of nitrogens with zero attached hydrogens (tertiary/aromatic N) is 1. The van der Waals surface area contributed by atoms with Crippen molar-refractivity contribution >= 4 is 11.8 Å². The summed E-state index contributed by atoms with van der Waals surface area (Å²) in [5.74, 6) is 0. The molecule has 2 rings (SSSR count). The quantitative estimate of drug-likeness (QED) is 0.809. The minimum absolute atomic E-state index is 0.144. The third kappa shape index (κ3) is 2.10. The fourth-order valence-corrected chi connectivity index (χ4v) is 1.60. The second-order valence-electron chi connectivity index (χ2n) is 3.41. The number of hydrogen-bond donors (Lipinski definition) is 1. The van der Waals surface area contributed by atoms with Crippen molar-refractivity contribution < 1.29 is 14.6 Å². The zero-order chi connectivity index (χ0) is 10.7. The third-order valence-electron chi connectivity index (χ3n) is 2.41. The summed E-state index contributed by atoms with van der Waals surface area (Å²) < 4.78 is 4.84. The van der Waals surface area contributed by atoms with Crippen LogP contribution in [0.1, 0.15) is 5.56 Å². The van der Waals surface area contributed by atoms with Gasteiger partial charge < -0.3 is 9.84 Å². The van der Waals surface area contributed by atoms with Crippen LogP contribution in [0, 0.1) is 0 Å². The molecule has 1 aromatic rings. The van der Waals surface area contributed by atoms with Crippen molar-refractivity contribution in [2.75, 3.05) is 24.7 Å². The van der Waals surface area contributed by atoms with Crippen LogP contribution in [0.4, 0.5) is 10.5 Å². The average molecular weight is 207 g/mol. The van der Waals surface area contributed by atoms with Crippen molar-refractivity contribution in [3.63, 3.8) is 0 Å².